The summed E-state index contributed by atoms with van der Waals surface area (Å²) in [5.74, 6) is -0.00776. The SMILES string of the molecule is Cn1ccc2c(N3CCCCC3)c(CCS(N)(=O)=O)ccc21. The zero-order valence-corrected chi connectivity index (χ0v) is 13.8. The Morgan fingerprint density at radius 1 is 1.14 bits per heavy atom. The van der Waals surface area contributed by atoms with Crippen LogP contribution in [-0.4, -0.2) is 31.8 Å². The average Bonchev–Trinajstić information content (AvgIpc) is 2.86. The van der Waals surface area contributed by atoms with Crippen molar-refractivity contribution in [1.29, 1.82) is 0 Å². The van der Waals surface area contributed by atoms with Gasteiger partial charge in [-0.25, -0.2) is 13.6 Å². The van der Waals surface area contributed by atoms with E-state index in [0.29, 0.717) is 6.42 Å². The summed E-state index contributed by atoms with van der Waals surface area (Å²) in [5.41, 5.74) is 3.45. The minimum atomic E-state index is -3.44. The molecule has 3 rings (SSSR count). The third-order valence-corrected chi connectivity index (χ3v) is 5.22. The summed E-state index contributed by atoms with van der Waals surface area (Å²) in [5, 5.41) is 6.39. The molecule has 5 nitrogen and oxygen atoms in total. The molecule has 2 aromatic rings. The minimum absolute atomic E-state index is 0.00776. The molecule has 6 heteroatoms. The van der Waals surface area contributed by atoms with E-state index < -0.39 is 10.0 Å². The van der Waals surface area contributed by atoms with Gasteiger partial charge in [-0.1, -0.05) is 6.07 Å². The Bertz CT molecular complexity index is 774. The summed E-state index contributed by atoms with van der Waals surface area (Å²) in [6.45, 7) is 2.08. The Labute approximate surface area is 131 Å². The molecule has 0 unspecified atom stereocenters. The molecule has 0 bridgehead atoms. The number of rotatable bonds is 4. The quantitative estimate of drug-likeness (QED) is 0.936. The largest absolute Gasteiger partial charge is 0.371 e. The number of sulfonamides is 1. The van der Waals surface area contributed by atoms with Crippen molar-refractivity contribution in [3.63, 3.8) is 0 Å². The summed E-state index contributed by atoms with van der Waals surface area (Å²) >= 11 is 0. The Morgan fingerprint density at radius 2 is 1.86 bits per heavy atom. The molecule has 0 radical (unpaired) electrons. The van der Waals surface area contributed by atoms with Gasteiger partial charge in [0.05, 0.1) is 5.75 Å². The topological polar surface area (TPSA) is 68.3 Å². The number of aryl methyl sites for hydroxylation is 2. The fourth-order valence-corrected chi connectivity index (χ4v) is 3.83. The first-order valence-electron chi connectivity index (χ1n) is 7.78. The number of benzene rings is 1. The predicted octanol–water partition coefficient (Wildman–Crippen LogP) is 2.00. The van der Waals surface area contributed by atoms with Crippen LogP contribution in [-0.2, 0) is 23.5 Å². The number of anilines is 1. The van der Waals surface area contributed by atoms with E-state index in [2.05, 4.69) is 33.9 Å². The van der Waals surface area contributed by atoms with E-state index in [0.717, 1.165) is 18.7 Å². The van der Waals surface area contributed by atoms with Gasteiger partial charge in [-0.05, 0) is 43.4 Å². The Morgan fingerprint density at radius 3 is 2.55 bits per heavy atom. The van der Waals surface area contributed by atoms with Crippen molar-refractivity contribution in [2.75, 3.05) is 23.7 Å². The van der Waals surface area contributed by atoms with E-state index in [9.17, 15) is 8.42 Å². The first kappa shape index (κ1) is 15.4. The monoisotopic (exact) mass is 321 g/mol. The number of piperidine rings is 1. The van der Waals surface area contributed by atoms with Crippen molar-refractivity contribution in [3.8, 4) is 0 Å². The van der Waals surface area contributed by atoms with Gasteiger partial charge in [0.1, 0.15) is 0 Å². The van der Waals surface area contributed by atoms with Crippen LogP contribution in [0.1, 0.15) is 24.8 Å². The van der Waals surface area contributed by atoms with Crippen LogP contribution in [0.2, 0.25) is 0 Å². The van der Waals surface area contributed by atoms with Gasteiger partial charge in [0.15, 0.2) is 0 Å². The molecule has 120 valence electrons. The van der Waals surface area contributed by atoms with Gasteiger partial charge in [-0.2, -0.15) is 0 Å². The molecule has 2 heterocycles. The van der Waals surface area contributed by atoms with Crippen molar-refractivity contribution < 1.29 is 8.42 Å². The lowest BCUT2D eigenvalue weighted by Crippen LogP contribution is -2.30. The molecule has 22 heavy (non-hydrogen) atoms. The molecule has 0 atom stereocenters. The number of nitrogens with two attached hydrogens (primary N) is 1. The van der Waals surface area contributed by atoms with Gasteiger partial charge in [0.25, 0.3) is 0 Å². The van der Waals surface area contributed by atoms with Gasteiger partial charge in [0.2, 0.25) is 10.0 Å². The summed E-state index contributed by atoms with van der Waals surface area (Å²) in [4.78, 5) is 2.41. The first-order valence-corrected chi connectivity index (χ1v) is 9.49. The standard InChI is InChI=1S/C16H23N3O2S/c1-18-11-7-14-15(18)6-5-13(8-12-22(17,20)21)16(14)19-9-3-2-4-10-19/h5-7,11H,2-4,8-10,12H2,1H3,(H2,17,20,21). The lowest BCUT2D eigenvalue weighted by molar-refractivity contribution is 0.577. The number of hydrogen-bond acceptors (Lipinski definition) is 3. The van der Waals surface area contributed by atoms with E-state index in [1.54, 1.807) is 0 Å². The second kappa shape index (κ2) is 5.93. The molecule has 1 aliphatic rings. The van der Waals surface area contributed by atoms with Crippen molar-refractivity contribution in [2.24, 2.45) is 12.2 Å². The predicted molar refractivity (Wildman–Crippen MR) is 90.7 cm³/mol. The van der Waals surface area contributed by atoms with Crippen LogP contribution in [0.5, 0.6) is 0 Å². The molecule has 2 N–H and O–H groups in total. The van der Waals surface area contributed by atoms with E-state index in [4.69, 9.17) is 5.14 Å². The Hall–Kier alpha value is -1.53. The lowest BCUT2D eigenvalue weighted by atomic mass is 10.0. The van der Waals surface area contributed by atoms with Gasteiger partial charge in [0, 0.05) is 42.9 Å². The molecule has 1 aromatic heterocycles. The lowest BCUT2D eigenvalue weighted by Gasteiger charge is -2.31. The third-order valence-electron chi connectivity index (χ3n) is 4.45. The van der Waals surface area contributed by atoms with Crippen LogP contribution in [0.4, 0.5) is 5.69 Å². The highest BCUT2D eigenvalue weighted by Crippen LogP contribution is 2.33. The fraction of sp³-hybridized carbons (Fsp3) is 0.500. The molecule has 1 fully saturated rings. The average molecular weight is 321 g/mol. The second-order valence-corrected chi connectivity index (χ2v) is 7.83. The molecule has 1 aliphatic heterocycles. The number of fused-ring (bicyclic) bond motifs is 1. The Balaban J connectivity index is 2.05. The van der Waals surface area contributed by atoms with E-state index in [1.165, 1.54) is 35.9 Å². The maximum Gasteiger partial charge on any atom is 0.209 e. The van der Waals surface area contributed by atoms with Crippen LogP contribution in [0.15, 0.2) is 24.4 Å². The normalized spacial score (nSPS) is 16.4. The van der Waals surface area contributed by atoms with Crippen molar-refractivity contribution in [1.82, 2.24) is 4.57 Å². The zero-order chi connectivity index (χ0) is 15.7. The van der Waals surface area contributed by atoms with Crippen LogP contribution < -0.4 is 10.0 Å². The summed E-state index contributed by atoms with van der Waals surface area (Å²) in [6.07, 6.45) is 6.18. The number of hydrogen-bond donors (Lipinski definition) is 1. The van der Waals surface area contributed by atoms with E-state index in [-0.39, 0.29) is 5.75 Å². The summed E-state index contributed by atoms with van der Waals surface area (Å²) in [6, 6.07) is 6.25. The molecule has 0 spiro atoms. The van der Waals surface area contributed by atoms with Crippen LogP contribution in [0, 0.1) is 0 Å². The summed E-state index contributed by atoms with van der Waals surface area (Å²) in [7, 11) is -1.41. The molecule has 1 saturated heterocycles. The van der Waals surface area contributed by atoms with Gasteiger partial charge < -0.3 is 9.47 Å². The van der Waals surface area contributed by atoms with Crippen LogP contribution >= 0.6 is 0 Å². The second-order valence-electron chi connectivity index (χ2n) is 6.10. The minimum Gasteiger partial charge on any atom is -0.371 e. The highest BCUT2D eigenvalue weighted by Gasteiger charge is 2.19. The highest BCUT2D eigenvalue weighted by molar-refractivity contribution is 7.89. The molecule has 1 aromatic carbocycles. The van der Waals surface area contributed by atoms with Crippen molar-refractivity contribution in [3.05, 3.63) is 30.0 Å². The number of primary sulfonamides is 1. The number of nitrogens with zero attached hydrogens (tertiary/aromatic N) is 2. The van der Waals surface area contributed by atoms with E-state index in [1.807, 2.05) is 7.05 Å². The van der Waals surface area contributed by atoms with Gasteiger partial charge in [-0.3, -0.25) is 0 Å². The molecule has 0 saturated carbocycles. The maximum atomic E-state index is 11.3. The molecular formula is C16H23N3O2S. The zero-order valence-electron chi connectivity index (χ0n) is 13.0. The van der Waals surface area contributed by atoms with Gasteiger partial charge in [-0.15, -0.1) is 0 Å². The van der Waals surface area contributed by atoms with Crippen molar-refractivity contribution in [2.45, 2.75) is 25.7 Å². The van der Waals surface area contributed by atoms with E-state index >= 15 is 0 Å². The maximum absolute atomic E-state index is 11.3. The molecular weight excluding hydrogens is 298 g/mol. The third kappa shape index (κ3) is 3.13. The fourth-order valence-electron chi connectivity index (χ4n) is 3.33. The molecule has 0 aliphatic carbocycles. The Kier molecular flexibility index (Phi) is 4.14. The van der Waals surface area contributed by atoms with Gasteiger partial charge >= 0.3 is 0 Å². The first-order chi connectivity index (χ1) is 10.5. The number of aromatic nitrogens is 1. The van der Waals surface area contributed by atoms with Crippen LogP contribution in [0.3, 0.4) is 0 Å². The van der Waals surface area contributed by atoms with Crippen LogP contribution in [0.25, 0.3) is 10.9 Å². The summed E-state index contributed by atoms with van der Waals surface area (Å²) < 4.78 is 24.7. The highest BCUT2D eigenvalue weighted by atomic mass is 32.2. The smallest absolute Gasteiger partial charge is 0.209 e. The van der Waals surface area contributed by atoms with Crippen molar-refractivity contribution >= 4 is 26.6 Å². The molecule has 0 amide bonds.